The lowest BCUT2D eigenvalue weighted by molar-refractivity contribution is 0.423. The first-order valence-electron chi connectivity index (χ1n) is 7.34. The number of rotatable bonds is 6. The van der Waals surface area contributed by atoms with Crippen molar-refractivity contribution < 1.29 is 8.42 Å². The first-order valence-corrected chi connectivity index (χ1v) is 9.16. The second-order valence-corrected chi connectivity index (χ2v) is 7.76. The second kappa shape index (κ2) is 7.09. The molecule has 0 bridgehead atoms. The van der Waals surface area contributed by atoms with E-state index in [1.165, 1.54) is 5.69 Å². The molecule has 0 spiro atoms. The molecule has 1 aliphatic rings. The molecule has 0 aliphatic carbocycles. The third-order valence-electron chi connectivity index (χ3n) is 3.90. The van der Waals surface area contributed by atoms with Crippen LogP contribution >= 0.6 is 0 Å². The summed E-state index contributed by atoms with van der Waals surface area (Å²) in [6, 6.07) is 10.9. The molecule has 2 rings (SSSR count). The summed E-state index contributed by atoms with van der Waals surface area (Å²) in [5.74, 6) is 0.490. The second-order valence-electron chi connectivity index (χ2n) is 5.29. The summed E-state index contributed by atoms with van der Waals surface area (Å²) in [5, 5.41) is 3.38. The van der Waals surface area contributed by atoms with Crippen molar-refractivity contribution >= 4 is 15.5 Å². The number of piperidine rings is 1. The fraction of sp³-hybridized carbons (Fsp3) is 0.600. The van der Waals surface area contributed by atoms with Gasteiger partial charge in [-0.2, -0.15) is 0 Å². The summed E-state index contributed by atoms with van der Waals surface area (Å²) in [7, 11) is -2.85. The number of benzene rings is 1. The van der Waals surface area contributed by atoms with E-state index in [9.17, 15) is 8.42 Å². The lowest BCUT2D eigenvalue weighted by atomic mass is 10.0. The number of hydrogen-bond donors (Lipinski definition) is 1. The van der Waals surface area contributed by atoms with Crippen LogP contribution in [0, 0.1) is 0 Å². The molecule has 0 aromatic heterocycles. The van der Waals surface area contributed by atoms with Gasteiger partial charge in [-0.25, -0.2) is 8.42 Å². The third kappa shape index (κ3) is 4.49. The number of anilines is 1. The van der Waals surface area contributed by atoms with E-state index in [-0.39, 0.29) is 11.5 Å². The molecule has 0 saturated carbocycles. The molecule has 1 saturated heterocycles. The van der Waals surface area contributed by atoms with Gasteiger partial charge >= 0.3 is 0 Å². The van der Waals surface area contributed by atoms with Crippen molar-refractivity contribution in [2.45, 2.75) is 25.8 Å². The molecule has 4 nitrogen and oxygen atoms in total. The zero-order chi connectivity index (χ0) is 14.4. The molecular formula is C15H24N2O2S. The van der Waals surface area contributed by atoms with E-state index in [0.717, 1.165) is 25.9 Å². The number of para-hydroxylation sites is 1. The van der Waals surface area contributed by atoms with Crippen LogP contribution in [0.4, 0.5) is 5.69 Å². The van der Waals surface area contributed by atoms with Gasteiger partial charge in [0.15, 0.2) is 9.84 Å². The Bertz CT molecular complexity index is 494. The van der Waals surface area contributed by atoms with E-state index in [1.807, 2.05) is 6.07 Å². The van der Waals surface area contributed by atoms with Gasteiger partial charge < -0.3 is 10.2 Å². The van der Waals surface area contributed by atoms with E-state index in [1.54, 1.807) is 6.92 Å². The summed E-state index contributed by atoms with van der Waals surface area (Å²) < 4.78 is 22.9. The molecule has 0 atom stereocenters. The van der Waals surface area contributed by atoms with Gasteiger partial charge in [-0.05, 0) is 25.0 Å². The van der Waals surface area contributed by atoms with E-state index in [2.05, 4.69) is 34.5 Å². The van der Waals surface area contributed by atoms with Crippen molar-refractivity contribution in [3.8, 4) is 0 Å². The van der Waals surface area contributed by atoms with Crippen LogP contribution in [0.2, 0.25) is 0 Å². The molecule has 1 heterocycles. The minimum Gasteiger partial charge on any atom is -0.371 e. The first-order chi connectivity index (χ1) is 9.61. The highest BCUT2D eigenvalue weighted by atomic mass is 32.2. The van der Waals surface area contributed by atoms with Crippen molar-refractivity contribution in [2.75, 3.05) is 36.0 Å². The molecule has 1 aromatic rings. The highest BCUT2D eigenvalue weighted by Crippen LogP contribution is 2.19. The molecule has 5 heteroatoms. The van der Waals surface area contributed by atoms with Crippen LogP contribution in [-0.2, 0) is 9.84 Å². The summed E-state index contributed by atoms with van der Waals surface area (Å²) in [5.41, 5.74) is 1.28. The van der Waals surface area contributed by atoms with Gasteiger partial charge in [-0.1, -0.05) is 25.1 Å². The van der Waals surface area contributed by atoms with Gasteiger partial charge in [-0.15, -0.1) is 0 Å². The van der Waals surface area contributed by atoms with Crippen molar-refractivity contribution in [3.05, 3.63) is 30.3 Å². The van der Waals surface area contributed by atoms with Crippen LogP contribution in [0.15, 0.2) is 30.3 Å². The number of nitrogens with zero attached hydrogens (tertiary/aromatic N) is 1. The average molecular weight is 296 g/mol. The summed E-state index contributed by atoms with van der Waals surface area (Å²) in [6.07, 6.45) is 2.14. The van der Waals surface area contributed by atoms with Gasteiger partial charge in [-0.3, -0.25) is 0 Å². The number of hydrogen-bond acceptors (Lipinski definition) is 4. The Labute approximate surface area is 122 Å². The molecule has 0 unspecified atom stereocenters. The van der Waals surface area contributed by atoms with Gasteiger partial charge in [0, 0.05) is 37.1 Å². The number of nitrogens with one attached hydrogen (secondary N) is 1. The van der Waals surface area contributed by atoms with E-state index in [4.69, 9.17) is 0 Å². The largest absolute Gasteiger partial charge is 0.371 e. The van der Waals surface area contributed by atoms with Crippen LogP contribution in [0.5, 0.6) is 0 Å². The van der Waals surface area contributed by atoms with Crippen LogP contribution in [-0.4, -0.2) is 45.6 Å². The lowest BCUT2D eigenvalue weighted by Crippen LogP contribution is -2.43. The summed E-state index contributed by atoms with van der Waals surface area (Å²) in [6.45, 7) is 4.34. The van der Waals surface area contributed by atoms with Gasteiger partial charge in [0.1, 0.15) is 0 Å². The molecule has 112 valence electrons. The van der Waals surface area contributed by atoms with Crippen molar-refractivity contribution in [3.63, 3.8) is 0 Å². The predicted molar refractivity (Wildman–Crippen MR) is 84.0 cm³/mol. The predicted octanol–water partition coefficient (Wildman–Crippen LogP) is 1.68. The molecule has 1 N–H and O–H groups in total. The molecule has 1 fully saturated rings. The molecule has 0 amide bonds. The third-order valence-corrected chi connectivity index (χ3v) is 5.61. The van der Waals surface area contributed by atoms with Crippen LogP contribution in [0.1, 0.15) is 19.8 Å². The van der Waals surface area contributed by atoms with Crippen LogP contribution in [0.3, 0.4) is 0 Å². The monoisotopic (exact) mass is 296 g/mol. The normalized spacial score (nSPS) is 17.4. The smallest absolute Gasteiger partial charge is 0.151 e. The Hall–Kier alpha value is -1.07. The molecule has 1 aliphatic heterocycles. The highest BCUT2D eigenvalue weighted by molar-refractivity contribution is 7.91. The topological polar surface area (TPSA) is 49.4 Å². The Morgan fingerprint density at radius 2 is 1.85 bits per heavy atom. The fourth-order valence-corrected chi connectivity index (χ4v) is 3.26. The Morgan fingerprint density at radius 3 is 2.45 bits per heavy atom. The van der Waals surface area contributed by atoms with Gasteiger partial charge in [0.05, 0.1) is 5.75 Å². The summed E-state index contributed by atoms with van der Waals surface area (Å²) >= 11 is 0. The Morgan fingerprint density at radius 1 is 1.20 bits per heavy atom. The SMILES string of the molecule is CCS(=O)(=O)CCNC1CCN(c2ccccc2)CC1. The van der Waals surface area contributed by atoms with Crippen molar-refractivity contribution in [1.29, 1.82) is 0 Å². The zero-order valence-electron chi connectivity index (χ0n) is 12.1. The zero-order valence-corrected chi connectivity index (χ0v) is 12.9. The first kappa shape index (κ1) is 15.3. The van der Waals surface area contributed by atoms with Crippen LogP contribution in [0.25, 0.3) is 0 Å². The standard InChI is InChI=1S/C15H24N2O2S/c1-2-20(18,19)13-10-16-14-8-11-17(12-9-14)15-6-4-3-5-7-15/h3-7,14,16H,2,8-13H2,1H3. The maximum absolute atomic E-state index is 11.4. The Balaban J connectivity index is 1.72. The number of sulfone groups is 1. The molecular weight excluding hydrogens is 272 g/mol. The van der Waals surface area contributed by atoms with E-state index < -0.39 is 9.84 Å². The van der Waals surface area contributed by atoms with E-state index in [0.29, 0.717) is 12.6 Å². The van der Waals surface area contributed by atoms with Gasteiger partial charge in [0.25, 0.3) is 0 Å². The van der Waals surface area contributed by atoms with Gasteiger partial charge in [0.2, 0.25) is 0 Å². The maximum atomic E-state index is 11.4. The quantitative estimate of drug-likeness (QED) is 0.868. The average Bonchev–Trinajstić information content (AvgIpc) is 2.49. The molecule has 0 radical (unpaired) electrons. The molecule has 1 aromatic carbocycles. The minimum atomic E-state index is -2.85. The van der Waals surface area contributed by atoms with Crippen molar-refractivity contribution in [1.82, 2.24) is 5.32 Å². The van der Waals surface area contributed by atoms with Crippen molar-refractivity contribution in [2.24, 2.45) is 0 Å². The lowest BCUT2D eigenvalue weighted by Gasteiger charge is -2.34. The minimum absolute atomic E-state index is 0.237. The maximum Gasteiger partial charge on any atom is 0.151 e. The highest BCUT2D eigenvalue weighted by Gasteiger charge is 2.19. The summed E-state index contributed by atoms with van der Waals surface area (Å²) in [4.78, 5) is 2.39. The van der Waals surface area contributed by atoms with Crippen LogP contribution < -0.4 is 10.2 Å². The Kier molecular flexibility index (Phi) is 5.43. The molecule has 20 heavy (non-hydrogen) atoms. The van der Waals surface area contributed by atoms with E-state index >= 15 is 0 Å². The fourth-order valence-electron chi connectivity index (χ4n) is 2.54.